The summed E-state index contributed by atoms with van der Waals surface area (Å²) >= 11 is 11.9. The molecule has 0 radical (unpaired) electrons. The average molecular weight is 408 g/mol. The predicted octanol–water partition coefficient (Wildman–Crippen LogP) is 4.49. The molecule has 1 atom stereocenters. The summed E-state index contributed by atoms with van der Waals surface area (Å²) in [4.78, 5) is 27.3. The van der Waals surface area contributed by atoms with Gasteiger partial charge in [-0.1, -0.05) is 28.4 Å². The van der Waals surface area contributed by atoms with Crippen LogP contribution in [-0.4, -0.2) is 34.5 Å². The maximum atomic E-state index is 12.9. The van der Waals surface area contributed by atoms with Crippen molar-refractivity contribution >= 4 is 40.7 Å². The lowest BCUT2D eigenvalue weighted by Gasteiger charge is -2.34. The number of rotatable bonds is 4. The van der Waals surface area contributed by atoms with Crippen molar-refractivity contribution < 1.29 is 14.1 Å². The van der Waals surface area contributed by atoms with E-state index >= 15 is 0 Å². The van der Waals surface area contributed by atoms with Crippen molar-refractivity contribution in [3.8, 4) is 0 Å². The molecule has 0 unspecified atom stereocenters. The number of nitrogens with one attached hydrogen (secondary N) is 1. The Hall–Kier alpha value is -2.05. The van der Waals surface area contributed by atoms with E-state index in [0.717, 1.165) is 31.4 Å². The number of carbonyl (C=O) groups excluding carboxylic acids is 2. The fourth-order valence-electron chi connectivity index (χ4n) is 3.34. The highest BCUT2D eigenvalue weighted by atomic mass is 35.5. The number of nitrogens with zero attached hydrogens (tertiary/aromatic N) is 2. The highest BCUT2D eigenvalue weighted by Crippen LogP contribution is 2.40. The summed E-state index contributed by atoms with van der Waals surface area (Å²) in [6, 6.07) is 6.05. The molecule has 1 saturated carbocycles. The number of hydrogen-bond donors (Lipinski definition) is 1. The Morgan fingerprint density at radius 3 is 2.67 bits per heavy atom. The highest BCUT2D eigenvalue weighted by Gasteiger charge is 2.35. The maximum Gasteiger partial charge on any atom is 0.276 e. The lowest BCUT2D eigenvalue weighted by molar-refractivity contribution is -0.121. The van der Waals surface area contributed by atoms with Crippen molar-refractivity contribution in [2.24, 2.45) is 0 Å². The molecule has 1 saturated heterocycles. The number of carbonyl (C=O) groups is 2. The van der Waals surface area contributed by atoms with Crippen LogP contribution in [0.15, 0.2) is 28.8 Å². The van der Waals surface area contributed by atoms with E-state index in [1.165, 1.54) is 0 Å². The molecular formula is C19H19Cl2N3O3. The zero-order valence-corrected chi connectivity index (χ0v) is 16.1. The van der Waals surface area contributed by atoms with Gasteiger partial charge in [-0.25, -0.2) is 0 Å². The summed E-state index contributed by atoms with van der Waals surface area (Å²) in [5.41, 5.74) is 0.816. The highest BCUT2D eigenvalue weighted by molar-refractivity contribution is 6.42. The second-order valence-corrected chi connectivity index (χ2v) is 7.83. The normalized spacial score (nSPS) is 19.8. The minimum absolute atomic E-state index is 0.243. The number of anilines is 1. The predicted molar refractivity (Wildman–Crippen MR) is 102 cm³/mol. The number of hydrogen-bond acceptors (Lipinski definition) is 4. The first kappa shape index (κ1) is 18.3. The van der Waals surface area contributed by atoms with Crippen LogP contribution in [0.5, 0.6) is 0 Å². The number of likely N-dealkylation sites (tertiary alicyclic amines) is 1. The van der Waals surface area contributed by atoms with Crippen LogP contribution in [0.25, 0.3) is 0 Å². The van der Waals surface area contributed by atoms with Crippen molar-refractivity contribution in [2.75, 3.05) is 11.9 Å². The Morgan fingerprint density at radius 2 is 1.93 bits per heavy atom. The SMILES string of the molecule is O=C(Nc1ccc(Cl)c(Cl)c1)[C@H]1CCCCN1C(=O)c1cc(C2CC2)on1. The van der Waals surface area contributed by atoms with Crippen LogP contribution >= 0.6 is 23.2 Å². The largest absolute Gasteiger partial charge is 0.360 e. The molecule has 2 aromatic rings. The van der Waals surface area contributed by atoms with Gasteiger partial charge in [-0.2, -0.15) is 0 Å². The summed E-state index contributed by atoms with van der Waals surface area (Å²) in [5, 5.41) is 7.53. The molecule has 1 aliphatic heterocycles. The molecule has 2 heterocycles. The van der Waals surface area contributed by atoms with Gasteiger partial charge in [-0.05, 0) is 50.3 Å². The molecular weight excluding hydrogens is 389 g/mol. The van der Waals surface area contributed by atoms with E-state index in [1.807, 2.05) is 0 Å². The van der Waals surface area contributed by atoms with Crippen molar-refractivity contribution in [1.82, 2.24) is 10.1 Å². The number of benzene rings is 1. The number of aromatic nitrogens is 1. The summed E-state index contributed by atoms with van der Waals surface area (Å²) < 4.78 is 5.29. The molecule has 1 aromatic carbocycles. The number of piperidine rings is 1. The van der Waals surface area contributed by atoms with Gasteiger partial charge in [0.15, 0.2) is 5.69 Å². The van der Waals surface area contributed by atoms with E-state index in [2.05, 4.69) is 10.5 Å². The van der Waals surface area contributed by atoms with Crippen LogP contribution < -0.4 is 5.32 Å². The van der Waals surface area contributed by atoms with Gasteiger partial charge >= 0.3 is 0 Å². The Bertz CT molecular complexity index is 879. The van der Waals surface area contributed by atoms with E-state index in [0.29, 0.717) is 34.6 Å². The van der Waals surface area contributed by atoms with Crippen molar-refractivity contribution in [2.45, 2.75) is 44.1 Å². The summed E-state index contributed by atoms with van der Waals surface area (Å²) in [6.45, 7) is 0.518. The summed E-state index contributed by atoms with van der Waals surface area (Å²) in [5.74, 6) is 0.633. The zero-order chi connectivity index (χ0) is 19.0. The molecule has 142 valence electrons. The first-order chi connectivity index (χ1) is 13.0. The van der Waals surface area contributed by atoms with Crippen LogP contribution in [0.3, 0.4) is 0 Å². The third-order valence-corrected chi connectivity index (χ3v) is 5.72. The first-order valence-corrected chi connectivity index (χ1v) is 9.82. The van der Waals surface area contributed by atoms with E-state index in [1.54, 1.807) is 29.2 Å². The summed E-state index contributed by atoms with van der Waals surface area (Å²) in [7, 11) is 0. The van der Waals surface area contributed by atoms with Crippen molar-refractivity contribution in [3.63, 3.8) is 0 Å². The molecule has 8 heteroatoms. The Labute approximate surface area is 166 Å². The lowest BCUT2D eigenvalue weighted by atomic mass is 10.0. The fourth-order valence-corrected chi connectivity index (χ4v) is 3.64. The fraction of sp³-hybridized carbons (Fsp3) is 0.421. The minimum Gasteiger partial charge on any atom is -0.360 e. The standard InChI is InChI=1S/C19H19Cl2N3O3/c20-13-7-6-12(9-14(13)21)22-18(25)16-3-1-2-8-24(16)19(26)15-10-17(27-23-15)11-4-5-11/h6-7,9-11,16H,1-5,8H2,(H,22,25)/t16-/m1/s1. The minimum atomic E-state index is -0.554. The van der Waals surface area contributed by atoms with Gasteiger partial charge in [-0.3, -0.25) is 9.59 Å². The Balaban J connectivity index is 1.49. The lowest BCUT2D eigenvalue weighted by Crippen LogP contribution is -2.50. The monoisotopic (exact) mass is 407 g/mol. The van der Waals surface area contributed by atoms with Gasteiger partial charge in [0, 0.05) is 24.2 Å². The first-order valence-electron chi connectivity index (χ1n) is 9.06. The number of halogens is 2. The second kappa shape index (κ2) is 7.52. The van der Waals surface area contributed by atoms with Crippen LogP contribution in [0.2, 0.25) is 10.0 Å². The molecule has 1 aromatic heterocycles. The Morgan fingerprint density at radius 1 is 1.11 bits per heavy atom. The van der Waals surface area contributed by atoms with E-state index in [9.17, 15) is 9.59 Å². The van der Waals surface area contributed by atoms with Gasteiger partial charge in [0.25, 0.3) is 5.91 Å². The molecule has 4 rings (SSSR count). The van der Waals surface area contributed by atoms with Gasteiger partial charge in [0.2, 0.25) is 5.91 Å². The Kier molecular flexibility index (Phi) is 5.10. The third-order valence-electron chi connectivity index (χ3n) is 4.98. The van der Waals surface area contributed by atoms with Crippen molar-refractivity contribution in [1.29, 1.82) is 0 Å². The van der Waals surface area contributed by atoms with Gasteiger partial charge in [-0.15, -0.1) is 0 Å². The molecule has 27 heavy (non-hydrogen) atoms. The maximum absolute atomic E-state index is 12.9. The van der Waals surface area contributed by atoms with Crippen LogP contribution in [0, 0.1) is 0 Å². The van der Waals surface area contributed by atoms with Gasteiger partial charge in [0.05, 0.1) is 10.0 Å². The molecule has 2 amide bonds. The van der Waals surface area contributed by atoms with E-state index in [4.69, 9.17) is 27.7 Å². The molecule has 6 nitrogen and oxygen atoms in total. The number of amides is 2. The van der Waals surface area contributed by atoms with Crippen LogP contribution in [0.4, 0.5) is 5.69 Å². The van der Waals surface area contributed by atoms with Crippen molar-refractivity contribution in [3.05, 3.63) is 45.8 Å². The van der Waals surface area contributed by atoms with Crippen LogP contribution in [0.1, 0.15) is 54.3 Å². The second-order valence-electron chi connectivity index (χ2n) is 7.02. The quantitative estimate of drug-likeness (QED) is 0.809. The smallest absolute Gasteiger partial charge is 0.276 e. The molecule has 1 aliphatic carbocycles. The van der Waals surface area contributed by atoms with E-state index < -0.39 is 6.04 Å². The van der Waals surface area contributed by atoms with E-state index in [-0.39, 0.29) is 17.5 Å². The van der Waals surface area contributed by atoms with Gasteiger partial charge < -0.3 is 14.7 Å². The molecule has 1 N–H and O–H groups in total. The average Bonchev–Trinajstić information content (AvgIpc) is 3.41. The zero-order valence-electron chi connectivity index (χ0n) is 14.6. The van der Waals surface area contributed by atoms with Crippen LogP contribution in [-0.2, 0) is 4.79 Å². The molecule has 0 spiro atoms. The molecule has 2 aliphatic rings. The topological polar surface area (TPSA) is 75.4 Å². The third kappa shape index (κ3) is 3.96. The van der Waals surface area contributed by atoms with Gasteiger partial charge in [0.1, 0.15) is 11.8 Å². The summed E-state index contributed by atoms with van der Waals surface area (Å²) in [6.07, 6.45) is 4.49. The molecule has 2 fully saturated rings. The molecule has 0 bridgehead atoms.